The number of carbonyl (C=O) groups is 2. The van der Waals surface area contributed by atoms with E-state index >= 15 is 0 Å². The first-order valence-corrected chi connectivity index (χ1v) is 11.1. The smallest absolute Gasteiger partial charge is 0.255 e. The van der Waals surface area contributed by atoms with Gasteiger partial charge in [-0.1, -0.05) is 39.0 Å². The number of benzene rings is 2. The van der Waals surface area contributed by atoms with Gasteiger partial charge in [-0.25, -0.2) is 9.97 Å². The Bertz CT molecular complexity index is 1150. The van der Waals surface area contributed by atoms with Crippen molar-refractivity contribution in [1.29, 1.82) is 0 Å². The summed E-state index contributed by atoms with van der Waals surface area (Å²) in [5, 5.41) is 8.81. The second-order valence-corrected chi connectivity index (χ2v) is 8.96. The molecule has 3 aromatic rings. The number of ether oxygens (including phenoxy) is 1. The van der Waals surface area contributed by atoms with Crippen LogP contribution in [-0.4, -0.2) is 35.4 Å². The van der Waals surface area contributed by atoms with E-state index in [1.807, 2.05) is 42.5 Å². The average Bonchev–Trinajstić information content (AvgIpc) is 2.78. The van der Waals surface area contributed by atoms with Crippen molar-refractivity contribution in [2.75, 3.05) is 29.6 Å². The molecule has 0 unspecified atom stereocenters. The lowest BCUT2D eigenvalue weighted by Crippen LogP contribution is -2.15. The summed E-state index contributed by atoms with van der Waals surface area (Å²) in [6.07, 6.45) is 2.13. The number of aromatic nitrogens is 2. The molecular formula is C26H31N5O3. The molecular weight excluding hydrogens is 430 g/mol. The van der Waals surface area contributed by atoms with E-state index in [-0.39, 0.29) is 17.2 Å². The van der Waals surface area contributed by atoms with Crippen LogP contribution in [0.1, 0.15) is 49.2 Å². The monoisotopic (exact) mass is 461 g/mol. The highest BCUT2D eigenvalue weighted by Crippen LogP contribution is 2.31. The molecule has 0 saturated carbocycles. The van der Waals surface area contributed by atoms with Crippen molar-refractivity contribution in [3.05, 3.63) is 71.5 Å². The highest BCUT2D eigenvalue weighted by Gasteiger charge is 2.17. The normalized spacial score (nSPS) is 11.0. The Kier molecular flexibility index (Phi) is 7.83. The zero-order chi connectivity index (χ0) is 24.7. The number of nitrogens with one attached hydrogen (secondary N) is 3. The van der Waals surface area contributed by atoms with Crippen molar-refractivity contribution in [2.24, 2.45) is 0 Å². The SMILES string of the molecule is COc1ccc(C(C)(C)C)cc1NC(=O)c1ccc(CCNc2cc(NC(C)=O)ncn2)cc1. The zero-order valence-corrected chi connectivity index (χ0v) is 20.2. The number of hydrogen-bond donors (Lipinski definition) is 3. The summed E-state index contributed by atoms with van der Waals surface area (Å²) in [5.74, 6) is 1.32. The van der Waals surface area contributed by atoms with Crippen LogP contribution in [0.2, 0.25) is 0 Å². The predicted octanol–water partition coefficient (Wildman–Crippen LogP) is 4.65. The van der Waals surface area contributed by atoms with E-state index in [4.69, 9.17) is 4.74 Å². The van der Waals surface area contributed by atoms with Gasteiger partial charge in [0.1, 0.15) is 23.7 Å². The molecule has 1 aromatic heterocycles. The average molecular weight is 462 g/mol. The molecule has 178 valence electrons. The minimum absolute atomic E-state index is 0.0429. The number of hydrogen-bond acceptors (Lipinski definition) is 6. The minimum atomic E-state index is -0.194. The molecule has 0 saturated heterocycles. The van der Waals surface area contributed by atoms with Crippen molar-refractivity contribution in [1.82, 2.24) is 9.97 Å². The second-order valence-electron chi connectivity index (χ2n) is 8.96. The third-order valence-electron chi connectivity index (χ3n) is 5.22. The summed E-state index contributed by atoms with van der Waals surface area (Å²) >= 11 is 0. The third kappa shape index (κ3) is 6.78. The van der Waals surface area contributed by atoms with E-state index in [0.717, 1.165) is 17.5 Å². The van der Waals surface area contributed by atoms with Gasteiger partial charge in [-0.05, 0) is 47.2 Å². The molecule has 0 fully saturated rings. The van der Waals surface area contributed by atoms with E-state index in [0.29, 0.717) is 35.2 Å². The Morgan fingerprint density at radius 1 is 0.941 bits per heavy atom. The summed E-state index contributed by atoms with van der Waals surface area (Å²) in [6.45, 7) is 8.44. The van der Waals surface area contributed by atoms with Crippen LogP contribution in [0.4, 0.5) is 17.3 Å². The Balaban J connectivity index is 1.59. The summed E-state index contributed by atoms with van der Waals surface area (Å²) in [5.41, 5.74) is 3.36. The number of amides is 2. The van der Waals surface area contributed by atoms with Gasteiger partial charge in [0.15, 0.2) is 0 Å². The molecule has 0 aliphatic carbocycles. The molecule has 0 spiro atoms. The molecule has 3 N–H and O–H groups in total. The van der Waals surface area contributed by atoms with E-state index in [2.05, 4.69) is 46.7 Å². The summed E-state index contributed by atoms with van der Waals surface area (Å²) < 4.78 is 5.42. The lowest BCUT2D eigenvalue weighted by molar-refractivity contribution is -0.114. The molecule has 34 heavy (non-hydrogen) atoms. The molecule has 8 heteroatoms. The lowest BCUT2D eigenvalue weighted by atomic mass is 9.87. The zero-order valence-electron chi connectivity index (χ0n) is 20.2. The van der Waals surface area contributed by atoms with Gasteiger partial charge < -0.3 is 20.7 Å². The summed E-state index contributed by atoms with van der Waals surface area (Å²) in [6, 6.07) is 15.0. The highest BCUT2D eigenvalue weighted by molar-refractivity contribution is 6.05. The van der Waals surface area contributed by atoms with E-state index in [1.165, 1.54) is 13.3 Å². The second kappa shape index (κ2) is 10.8. The van der Waals surface area contributed by atoms with E-state index < -0.39 is 0 Å². The number of nitrogens with zero attached hydrogens (tertiary/aromatic N) is 2. The maximum atomic E-state index is 12.8. The van der Waals surface area contributed by atoms with Crippen molar-refractivity contribution in [2.45, 2.75) is 39.5 Å². The lowest BCUT2D eigenvalue weighted by Gasteiger charge is -2.21. The molecule has 0 bridgehead atoms. The maximum Gasteiger partial charge on any atom is 0.255 e. The summed E-state index contributed by atoms with van der Waals surface area (Å²) in [4.78, 5) is 32.2. The number of rotatable bonds is 8. The topological polar surface area (TPSA) is 105 Å². The van der Waals surface area contributed by atoms with Gasteiger partial charge in [0.2, 0.25) is 5.91 Å². The van der Waals surface area contributed by atoms with Crippen molar-refractivity contribution >= 4 is 29.1 Å². The fourth-order valence-electron chi connectivity index (χ4n) is 3.33. The van der Waals surface area contributed by atoms with Crippen LogP contribution in [0.5, 0.6) is 5.75 Å². The first-order chi connectivity index (χ1) is 16.2. The van der Waals surface area contributed by atoms with Gasteiger partial charge in [-0.3, -0.25) is 9.59 Å². The van der Waals surface area contributed by atoms with Crippen LogP contribution in [0.25, 0.3) is 0 Å². The quantitative estimate of drug-likeness (QED) is 0.451. The van der Waals surface area contributed by atoms with Crippen molar-refractivity contribution in [3.8, 4) is 5.75 Å². The van der Waals surface area contributed by atoms with E-state index in [9.17, 15) is 9.59 Å². The largest absolute Gasteiger partial charge is 0.495 e. The first-order valence-electron chi connectivity index (χ1n) is 11.1. The van der Waals surface area contributed by atoms with E-state index in [1.54, 1.807) is 13.2 Å². The third-order valence-corrected chi connectivity index (χ3v) is 5.22. The highest BCUT2D eigenvalue weighted by atomic mass is 16.5. The van der Waals surface area contributed by atoms with Crippen LogP contribution >= 0.6 is 0 Å². The van der Waals surface area contributed by atoms with Crippen molar-refractivity contribution < 1.29 is 14.3 Å². The summed E-state index contributed by atoms with van der Waals surface area (Å²) in [7, 11) is 1.59. The Hall–Kier alpha value is -3.94. The van der Waals surface area contributed by atoms with Crippen LogP contribution < -0.4 is 20.7 Å². The fraction of sp³-hybridized carbons (Fsp3) is 0.308. The van der Waals surface area contributed by atoms with Gasteiger partial charge in [0.25, 0.3) is 5.91 Å². The Morgan fingerprint density at radius 3 is 2.29 bits per heavy atom. The van der Waals surface area contributed by atoms with Crippen LogP contribution in [0.15, 0.2) is 54.9 Å². The molecule has 0 aliphatic heterocycles. The van der Waals surface area contributed by atoms with Crippen LogP contribution in [0.3, 0.4) is 0 Å². The van der Waals surface area contributed by atoms with Gasteiger partial charge in [-0.15, -0.1) is 0 Å². The van der Waals surface area contributed by atoms with Gasteiger partial charge in [0.05, 0.1) is 12.8 Å². The number of anilines is 3. The predicted molar refractivity (Wildman–Crippen MR) is 135 cm³/mol. The number of carbonyl (C=O) groups excluding carboxylic acids is 2. The standard InChI is InChI=1S/C26H31N5O3/c1-17(32)30-24-15-23(28-16-29-24)27-13-12-18-6-8-19(9-7-18)25(33)31-21-14-20(26(2,3)4)10-11-22(21)34-5/h6-11,14-16H,12-13H2,1-5H3,(H,31,33)(H2,27,28,29,30,32). The van der Waals surface area contributed by atoms with Crippen molar-refractivity contribution in [3.63, 3.8) is 0 Å². The molecule has 2 amide bonds. The molecule has 8 nitrogen and oxygen atoms in total. The minimum Gasteiger partial charge on any atom is -0.495 e. The molecule has 0 aliphatic rings. The fourth-order valence-corrected chi connectivity index (χ4v) is 3.33. The molecule has 2 aromatic carbocycles. The molecule has 3 rings (SSSR count). The number of methoxy groups -OCH3 is 1. The Morgan fingerprint density at radius 2 is 1.65 bits per heavy atom. The van der Waals surface area contributed by atoms with Crippen LogP contribution in [0, 0.1) is 0 Å². The maximum absolute atomic E-state index is 12.8. The van der Waals surface area contributed by atoms with Gasteiger partial charge in [0, 0.05) is 25.1 Å². The molecule has 0 radical (unpaired) electrons. The first kappa shape index (κ1) is 24.7. The van der Waals surface area contributed by atoms with Gasteiger partial charge >= 0.3 is 0 Å². The molecule has 0 atom stereocenters. The van der Waals surface area contributed by atoms with Crippen LogP contribution in [-0.2, 0) is 16.6 Å². The Labute approximate surface area is 200 Å². The van der Waals surface area contributed by atoms with Gasteiger partial charge in [-0.2, -0.15) is 0 Å². The molecule has 1 heterocycles.